The lowest BCUT2D eigenvalue weighted by atomic mass is 9.75. The number of nitrogens with one attached hydrogen (secondary N) is 1. The number of anilines is 1. The molecule has 0 aliphatic carbocycles. The van der Waals surface area contributed by atoms with Crippen LogP contribution in [0.15, 0.2) is 12.4 Å². The van der Waals surface area contributed by atoms with Crippen molar-refractivity contribution in [1.82, 2.24) is 15.0 Å². The molecule has 1 atom stereocenters. The third-order valence-corrected chi connectivity index (χ3v) is 5.26. The van der Waals surface area contributed by atoms with E-state index in [1.165, 1.54) is 5.56 Å². The van der Waals surface area contributed by atoms with E-state index >= 15 is 0 Å². The highest BCUT2D eigenvalue weighted by Gasteiger charge is 2.39. The maximum absolute atomic E-state index is 5.17. The molecule has 2 aromatic heterocycles. The van der Waals surface area contributed by atoms with Crippen molar-refractivity contribution in [3.8, 4) is 0 Å². The minimum atomic E-state index is -0.0657. The molecule has 2 heterocycles. The molecule has 0 amide bonds. The van der Waals surface area contributed by atoms with Crippen molar-refractivity contribution >= 4 is 17.0 Å². The number of aromatic nitrogens is 3. The lowest BCUT2D eigenvalue weighted by Crippen LogP contribution is -2.55. The number of H-pyrrole nitrogens is 1. The van der Waals surface area contributed by atoms with Crippen LogP contribution in [-0.4, -0.2) is 26.5 Å². The first kappa shape index (κ1) is 22.7. The summed E-state index contributed by atoms with van der Waals surface area (Å²) in [6, 6.07) is 0.344. The molecule has 0 aliphatic rings. The predicted molar refractivity (Wildman–Crippen MR) is 122 cm³/mol. The molecule has 0 aliphatic heterocycles. The van der Waals surface area contributed by atoms with E-state index < -0.39 is 0 Å². The van der Waals surface area contributed by atoms with Crippen molar-refractivity contribution in [3.63, 3.8) is 0 Å². The maximum Gasteiger partial charge on any atom is 0.156 e. The van der Waals surface area contributed by atoms with Crippen molar-refractivity contribution in [2.75, 3.05) is 4.90 Å². The zero-order valence-electron chi connectivity index (χ0n) is 20.3. The van der Waals surface area contributed by atoms with Crippen molar-refractivity contribution < 1.29 is 0 Å². The van der Waals surface area contributed by atoms with E-state index in [2.05, 4.69) is 99.2 Å². The van der Waals surface area contributed by atoms with Crippen LogP contribution in [0.3, 0.4) is 0 Å². The van der Waals surface area contributed by atoms with E-state index in [0.717, 1.165) is 23.4 Å². The third kappa shape index (κ3) is 5.07. The first-order chi connectivity index (χ1) is 12.4. The zero-order chi connectivity index (χ0) is 21.7. The van der Waals surface area contributed by atoms with Gasteiger partial charge in [-0.2, -0.15) is 0 Å². The van der Waals surface area contributed by atoms with E-state index in [1.54, 1.807) is 0 Å². The molecule has 0 saturated heterocycles. The Morgan fingerprint density at radius 3 is 1.93 bits per heavy atom. The Hall–Kier alpha value is -1.58. The van der Waals surface area contributed by atoms with E-state index in [-0.39, 0.29) is 21.8 Å². The largest absolute Gasteiger partial charge is 0.347 e. The van der Waals surface area contributed by atoms with Crippen molar-refractivity contribution in [2.24, 2.45) is 10.8 Å². The third-order valence-electron chi connectivity index (χ3n) is 5.26. The molecule has 0 saturated carbocycles. The maximum atomic E-state index is 5.17. The highest BCUT2D eigenvalue weighted by molar-refractivity contribution is 5.78. The number of hydrogen-bond acceptors (Lipinski definition) is 3. The first-order valence-electron chi connectivity index (χ1n) is 10.6. The van der Waals surface area contributed by atoms with Gasteiger partial charge in [-0.25, -0.2) is 9.97 Å². The SMILES string of the molecule is CC(C)(C)CC(N(c1cnc2[nH]cc(C(C)(C)C)c2n1)C(C)(C)C)C(C)(C)C. The van der Waals surface area contributed by atoms with Gasteiger partial charge in [0, 0.05) is 23.3 Å². The quantitative estimate of drug-likeness (QED) is 0.637. The summed E-state index contributed by atoms with van der Waals surface area (Å²) in [6.45, 7) is 27.5. The van der Waals surface area contributed by atoms with Gasteiger partial charge in [0.15, 0.2) is 5.65 Å². The summed E-state index contributed by atoms with van der Waals surface area (Å²) < 4.78 is 0. The van der Waals surface area contributed by atoms with Crippen LogP contribution in [0, 0.1) is 10.8 Å². The standard InChI is InChI=1S/C24H42N4/c1-21(2,3)13-17(23(7,8)9)28(24(10,11)12)18-15-26-20-19(27-18)16(14-25-20)22(4,5)6/h14-15,17H,13H2,1-12H3,(H,25,26). The highest BCUT2D eigenvalue weighted by atomic mass is 15.3. The minimum Gasteiger partial charge on any atom is -0.347 e. The summed E-state index contributed by atoms with van der Waals surface area (Å²) in [7, 11) is 0. The summed E-state index contributed by atoms with van der Waals surface area (Å²) in [4.78, 5) is 15.7. The molecule has 1 unspecified atom stereocenters. The Bertz CT molecular complexity index is 804. The molecule has 4 heteroatoms. The van der Waals surface area contributed by atoms with Gasteiger partial charge in [-0.05, 0) is 43.4 Å². The van der Waals surface area contributed by atoms with Gasteiger partial charge in [0.05, 0.1) is 6.20 Å². The average molecular weight is 387 g/mol. The van der Waals surface area contributed by atoms with Crippen LogP contribution in [0.5, 0.6) is 0 Å². The molecular formula is C24H42N4. The molecule has 0 fully saturated rings. The summed E-state index contributed by atoms with van der Waals surface area (Å²) in [5.41, 5.74) is 3.37. The Kier molecular flexibility index (Phi) is 5.70. The van der Waals surface area contributed by atoms with Crippen LogP contribution in [-0.2, 0) is 5.41 Å². The number of fused-ring (bicyclic) bond motifs is 1. The Balaban J connectivity index is 2.68. The Labute approximate surface area is 172 Å². The van der Waals surface area contributed by atoms with Gasteiger partial charge in [0.2, 0.25) is 0 Å². The zero-order valence-corrected chi connectivity index (χ0v) is 20.3. The van der Waals surface area contributed by atoms with Gasteiger partial charge < -0.3 is 9.88 Å². The molecule has 2 rings (SSSR count). The Morgan fingerprint density at radius 2 is 1.50 bits per heavy atom. The fraction of sp³-hybridized carbons (Fsp3) is 0.750. The van der Waals surface area contributed by atoms with Gasteiger partial charge in [-0.1, -0.05) is 62.3 Å². The lowest BCUT2D eigenvalue weighted by Gasteiger charge is -2.50. The van der Waals surface area contributed by atoms with Crippen LogP contribution in [0.25, 0.3) is 11.2 Å². The van der Waals surface area contributed by atoms with E-state index in [4.69, 9.17) is 9.97 Å². The monoisotopic (exact) mass is 386 g/mol. The molecule has 2 aromatic rings. The number of hydrogen-bond donors (Lipinski definition) is 1. The van der Waals surface area contributed by atoms with Crippen molar-refractivity contribution in [2.45, 2.75) is 107 Å². The topological polar surface area (TPSA) is 44.8 Å². The molecular weight excluding hydrogens is 344 g/mol. The second kappa shape index (κ2) is 7.03. The van der Waals surface area contributed by atoms with E-state index in [1.807, 2.05) is 6.20 Å². The van der Waals surface area contributed by atoms with Crippen molar-refractivity contribution in [3.05, 3.63) is 18.0 Å². The van der Waals surface area contributed by atoms with Crippen LogP contribution in [0.4, 0.5) is 5.82 Å². The van der Waals surface area contributed by atoms with Gasteiger partial charge in [-0.15, -0.1) is 0 Å². The summed E-state index contributed by atoms with van der Waals surface area (Å²) >= 11 is 0. The van der Waals surface area contributed by atoms with E-state index in [9.17, 15) is 0 Å². The molecule has 28 heavy (non-hydrogen) atoms. The number of aromatic amines is 1. The minimum absolute atomic E-state index is 0.0208. The molecule has 0 spiro atoms. The highest BCUT2D eigenvalue weighted by Crippen LogP contribution is 2.40. The van der Waals surface area contributed by atoms with Gasteiger partial charge >= 0.3 is 0 Å². The van der Waals surface area contributed by atoms with Gasteiger partial charge in [-0.3, -0.25) is 0 Å². The molecule has 0 aromatic carbocycles. The van der Waals surface area contributed by atoms with Crippen molar-refractivity contribution in [1.29, 1.82) is 0 Å². The van der Waals surface area contributed by atoms with Crippen LogP contribution < -0.4 is 4.90 Å². The summed E-state index contributed by atoms with van der Waals surface area (Å²) in [6.07, 6.45) is 5.09. The van der Waals surface area contributed by atoms with Crippen LogP contribution in [0.2, 0.25) is 0 Å². The molecule has 4 nitrogen and oxygen atoms in total. The summed E-state index contributed by atoms with van der Waals surface area (Å²) in [5.74, 6) is 0.967. The van der Waals surface area contributed by atoms with Crippen LogP contribution in [0.1, 0.15) is 95.1 Å². The van der Waals surface area contributed by atoms with Gasteiger partial charge in [0.1, 0.15) is 11.3 Å². The molecule has 0 bridgehead atoms. The second-order valence-corrected chi connectivity index (χ2v) is 12.6. The number of nitrogens with zero attached hydrogens (tertiary/aromatic N) is 3. The normalized spacial score (nSPS) is 15.1. The first-order valence-corrected chi connectivity index (χ1v) is 10.6. The fourth-order valence-corrected chi connectivity index (χ4v) is 3.91. The van der Waals surface area contributed by atoms with Crippen LogP contribution >= 0.6 is 0 Å². The second-order valence-electron chi connectivity index (χ2n) is 12.6. The smallest absolute Gasteiger partial charge is 0.156 e. The molecule has 1 N–H and O–H groups in total. The summed E-state index contributed by atoms with van der Waals surface area (Å²) in [5, 5.41) is 0. The number of rotatable bonds is 3. The van der Waals surface area contributed by atoms with Gasteiger partial charge in [0.25, 0.3) is 0 Å². The predicted octanol–water partition coefficient (Wildman–Crippen LogP) is 6.71. The molecule has 158 valence electrons. The fourth-order valence-electron chi connectivity index (χ4n) is 3.91. The Morgan fingerprint density at radius 1 is 0.929 bits per heavy atom. The average Bonchev–Trinajstić information content (AvgIpc) is 2.85. The molecule has 0 radical (unpaired) electrons. The van der Waals surface area contributed by atoms with E-state index in [0.29, 0.717) is 6.04 Å². The lowest BCUT2D eigenvalue weighted by molar-refractivity contribution is 0.197.